The van der Waals surface area contributed by atoms with Crippen molar-refractivity contribution in [1.29, 1.82) is 15.8 Å². The molecule has 0 saturated carbocycles. The lowest BCUT2D eigenvalue weighted by molar-refractivity contribution is -0.123. The molecule has 1 heterocycles. The second-order valence-electron chi connectivity index (χ2n) is 4.38. The van der Waals surface area contributed by atoms with Crippen molar-refractivity contribution in [2.24, 2.45) is 5.92 Å². The van der Waals surface area contributed by atoms with Gasteiger partial charge in [-0.05, 0) is 12.0 Å². The lowest BCUT2D eigenvalue weighted by Crippen LogP contribution is -2.39. The molecule has 2 atom stereocenters. The van der Waals surface area contributed by atoms with E-state index in [1.165, 1.54) is 0 Å². The highest BCUT2D eigenvalue weighted by molar-refractivity contribution is 5.87. The maximum absolute atomic E-state index is 12.1. The fourth-order valence-electron chi connectivity index (χ4n) is 2.24. The van der Waals surface area contributed by atoms with E-state index >= 15 is 0 Å². The summed E-state index contributed by atoms with van der Waals surface area (Å²) in [6.45, 7) is 0. The van der Waals surface area contributed by atoms with E-state index in [1.54, 1.807) is 12.1 Å². The Morgan fingerprint density at radius 3 is 2.35 bits per heavy atom. The second kappa shape index (κ2) is 5.69. The molecule has 2 unspecified atom stereocenters. The lowest BCUT2D eigenvalue weighted by Gasteiger charge is -2.28. The Labute approximate surface area is 116 Å². The Hall–Kier alpha value is -3.10. The van der Waals surface area contributed by atoms with Crippen molar-refractivity contribution in [3.63, 3.8) is 0 Å². The minimum absolute atomic E-state index is 0.120. The Bertz CT molecular complexity index is 669. The Balaban J connectivity index is 2.38. The number of carbonyl (C=O) groups excluding carboxylic acids is 1. The summed E-state index contributed by atoms with van der Waals surface area (Å²) in [5, 5.41) is 29.5. The normalized spacial score (nSPS) is 21.1. The third-order valence-corrected chi connectivity index (χ3v) is 3.24. The fraction of sp³-hybridized carbons (Fsp3) is 0.200. The van der Waals surface area contributed by atoms with Crippen LogP contribution in [0.3, 0.4) is 0 Å². The largest absolute Gasteiger partial charge is 0.326 e. The number of hydrogen-bond acceptors (Lipinski definition) is 4. The van der Waals surface area contributed by atoms with E-state index in [2.05, 4.69) is 5.32 Å². The van der Waals surface area contributed by atoms with Gasteiger partial charge in [-0.1, -0.05) is 30.3 Å². The van der Waals surface area contributed by atoms with Gasteiger partial charge in [0.2, 0.25) is 5.91 Å². The molecule has 20 heavy (non-hydrogen) atoms. The number of amides is 1. The average molecular weight is 262 g/mol. The molecule has 96 valence electrons. The molecule has 1 aromatic rings. The van der Waals surface area contributed by atoms with Crippen molar-refractivity contribution in [2.75, 3.05) is 0 Å². The van der Waals surface area contributed by atoms with Gasteiger partial charge in [-0.3, -0.25) is 4.79 Å². The molecule has 1 N–H and O–H groups in total. The molecular formula is C15H10N4O. The molecule has 1 aliphatic heterocycles. The van der Waals surface area contributed by atoms with E-state index in [1.807, 2.05) is 36.4 Å². The number of benzene rings is 1. The Morgan fingerprint density at radius 2 is 1.80 bits per heavy atom. The number of allylic oxidation sites excluding steroid dienone is 2. The van der Waals surface area contributed by atoms with Crippen molar-refractivity contribution in [3.8, 4) is 18.2 Å². The van der Waals surface area contributed by atoms with Crippen LogP contribution in [0.25, 0.3) is 0 Å². The number of nitrogens with one attached hydrogen (secondary N) is 1. The van der Waals surface area contributed by atoms with Gasteiger partial charge in [0.25, 0.3) is 0 Å². The number of rotatable bonds is 1. The molecule has 1 amide bonds. The van der Waals surface area contributed by atoms with Crippen LogP contribution in [0.5, 0.6) is 0 Å². The van der Waals surface area contributed by atoms with Gasteiger partial charge in [0, 0.05) is 0 Å². The molecule has 1 saturated heterocycles. The first kappa shape index (κ1) is 13.3. The Kier molecular flexibility index (Phi) is 3.80. The van der Waals surface area contributed by atoms with Crippen LogP contribution in [-0.2, 0) is 4.79 Å². The van der Waals surface area contributed by atoms with Gasteiger partial charge < -0.3 is 5.32 Å². The van der Waals surface area contributed by atoms with Crippen LogP contribution in [0.1, 0.15) is 17.9 Å². The molecule has 1 aliphatic rings. The number of nitrogens with zero attached hydrogens (tertiary/aromatic N) is 3. The van der Waals surface area contributed by atoms with Crippen LogP contribution in [-0.4, -0.2) is 5.91 Å². The summed E-state index contributed by atoms with van der Waals surface area (Å²) in [7, 11) is 0. The third kappa shape index (κ3) is 2.36. The van der Waals surface area contributed by atoms with Crippen LogP contribution in [0, 0.1) is 39.9 Å². The molecule has 1 aromatic carbocycles. The zero-order chi connectivity index (χ0) is 14.5. The van der Waals surface area contributed by atoms with E-state index in [0.717, 1.165) is 5.56 Å². The quantitative estimate of drug-likeness (QED) is 0.779. The summed E-state index contributed by atoms with van der Waals surface area (Å²) >= 11 is 0. The summed E-state index contributed by atoms with van der Waals surface area (Å²) in [6.07, 6.45) is 0.272. The molecule has 0 bridgehead atoms. The number of hydrogen-bond donors (Lipinski definition) is 1. The summed E-state index contributed by atoms with van der Waals surface area (Å²) in [4.78, 5) is 12.1. The third-order valence-electron chi connectivity index (χ3n) is 3.24. The van der Waals surface area contributed by atoms with Crippen molar-refractivity contribution < 1.29 is 4.79 Å². The minimum atomic E-state index is -0.660. The topological polar surface area (TPSA) is 100 Å². The van der Waals surface area contributed by atoms with Crippen molar-refractivity contribution in [2.45, 2.75) is 12.3 Å². The first-order valence-electron chi connectivity index (χ1n) is 6.01. The molecule has 5 heteroatoms. The molecule has 0 aromatic heterocycles. The summed E-state index contributed by atoms with van der Waals surface area (Å²) in [6, 6.07) is 14.6. The zero-order valence-electron chi connectivity index (χ0n) is 10.5. The van der Waals surface area contributed by atoms with Crippen LogP contribution >= 0.6 is 0 Å². The van der Waals surface area contributed by atoms with Gasteiger partial charge >= 0.3 is 0 Å². The van der Waals surface area contributed by atoms with E-state index in [4.69, 9.17) is 10.5 Å². The van der Waals surface area contributed by atoms with Gasteiger partial charge in [-0.25, -0.2) is 0 Å². The monoisotopic (exact) mass is 262 g/mol. The van der Waals surface area contributed by atoms with Crippen LogP contribution in [0.4, 0.5) is 0 Å². The van der Waals surface area contributed by atoms with Crippen molar-refractivity contribution in [3.05, 3.63) is 47.2 Å². The predicted molar refractivity (Wildman–Crippen MR) is 69.3 cm³/mol. The van der Waals surface area contributed by atoms with E-state index in [9.17, 15) is 10.1 Å². The summed E-state index contributed by atoms with van der Waals surface area (Å²) in [5.41, 5.74) is 0.728. The number of nitriles is 3. The average Bonchev–Trinajstić information content (AvgIpc) is 2.49. The molecule has 2 rings (SSSR count). The first-order valence-corrected chi connectivity index (χ1v) is 6.01. The molecular weight excluding hydrogens is 252 g/mol. The highest BCUT2D eigenvalue weighted by Crippen LogP contribution is 2.32. The minimum Gasteiger partial charge on any atom is -0.326 e. The molecule has 0 spiro atoms. The number of carbonyl (C=O) groups is 1. The standard InChI is InChI=1S/C15H10N4O/c16-7-11-6-13(10-4-2-1-3-5-10)15(20)19-14(11)12(8-17)9-18/h1-5,11,13H,6H2,(H,19,20). The molecule has 5 nitrogen and oxygen atoms in total. The molecule has 1 fully saturated rings. The molecule has 0 aliphatic carbocycles. The highest BCUT2D eigenvalue weighted by Gasteiger charge is 2.34. The smallest absolute Gasteiger partial charge is 0.231 e. The van der Waals surface area contributed by atoms with Crippen LogP contribution in [0.15, 0.2) is 41.6 Å². The van der Waals surface area contributed by atoms with Crippen molar-refractivity contribution in [1.82, 2.24) is 5.32 Å². The van der Waals surface area contributed by atoms with E-state index in [-0.39, 0.29) is 23.6 Å². The first-order chi connectivity index (χ1) is 9.71. The van der Waals surface area contributed by atoms with Gasteiger partial charge in [0.05, 0.1) is 23.6 Å². The van der Waals surface area contributed by atoms with E-state index in [0.29, 0.717) is 0 Å². The summed E-state index contributed by atoms with van der Waals surface area (Å²) in [5.74, 6) is -1.39. The second-order valence-corrected chi connectivity index (χ2v) is 4.38. The lowest BCUT2D eigenvalue weighted by atomic mass is 9.82. The van der Waals surface area contributed by atoms with Crippen LogP contribution in [0.2, 0.25) is 0 Å². The maximum atomic E-state index is 12.1. The fourth-order valence-corrected chi connectivity index (χ4v) is 2.24. The SMILES string of the molecule is N#CC(C#N)=C1NC(=O)C(c2ccccc2)CC1C#N. The number of piperidine rings is 1. The zero-order valence-corrected chi connectivity index (χ0v) is 10.5. The van der Waals surface area contributed by atoms with Crippen molar-refractivity contribution >= 4 is 5.91 Å². The van der Waals surface area contributed by atoms with E-state index < -0.39 is 11.8 Å². The van der Waals surface area contributed by atoms with Gasteiger partial charge in [0.1, 0.15) is 17.7 Å². The Morgan fingerprint density at radius 1 is 1.15 bits per heavy atom. The predicted octanol–water partition coefficient (Wildman–Crippen LogP) is 1.73. The van der Waals surface area contributed by atoms with Gasteiger partial charge in [-0.15, -0.1) is 0 Å². The molecule has 0 radical (unpaired) electrons. The van der Waals surface area contributed by atoms with Gasteiger partial charge in [-0.2, -0.15) is 15.8 Å². The van der Waals surface area contributed by atoms with Crippen LogP contribution < -0.4 is 5.32 Å². The highest BCUT2D eigenvalue weighted by atomic mass is 16.2. The van der Waals surface area contributed by atoms with Gasteiger partial charge in [0.15, 0.2) is 0 Å². The maximum Gasteiger partial charge on any atom is 0.231 e. The summed E-state index contributed by atoms with van der Waals surface area (Å²) < 4.78 is 0.